The van der Waals surface area contributed by atoms with E-state index in [-0.39, 0.29) is 30.3 Å². The molecule has 2 aliphatic carbocycles. The van der Waals surface area contributed by atoms with Gasteiger partial charge in [-0.05, 0) is 53.0 Å². The van der Waals surface area contributed by atoms with Crippen molar-refractivity contribution in [3.63, 3.8) is 0 Å². The average Bonchev–Trinajstić information content (AvgIpc) is 3.54. The minimum Gasteiger partial charge on any atom is -0.481 e. The van der Waals surface area contributed by atoms with Crippen molar-refractivity contribution in [2.75, 3.05) is 25.2 Å². The summed E-state index contributed by atoms with van der Waals surface area (Å²) in [7, 11) is 0. The van der Waals surface area contributed by atoms with Crippen molar-refractivity contribution >= 4 is 29.7 Å². The van der Waals surface area contributed by atoms with Crippen LogP contribution in [-0.4, -0.2) is 54.3 Å². The molecule has 0 aliphatic heterocycles. The molecule has 0 spiro atoms. The quantitative estimate of drug-likeness (QED) is 0.493. The van der Waals surface area contributed by atoms with Crippen LogP contribution < -0.4 is 10.6 Å². The first-order chi connectivity index (χ1) is 16.0. The highest BCUT2D eigenvalue weighted by Gasteiger charge is 2.43. The Morgan fingerprint density at radius 1 is 1.09 bits per heavy atom. The van der Waals surface area contributed by atoms with E-state index in [1.807, 2.05) is 30.5 Å². The number of ether oxygens (including phenoxy) is 1. The Kier molecular flexibility index (Phi) is 7.23. The molecule has 0 radical (unpaired) electrons. The lowest BCUT2D eigenvalue weighted by Crippen LogP contribution is -2.48. The van der Waals surface area contributed by atoms with E-state index in [0.29, 0.717) is 25.1 Å². The number of carbonyl (C=O) groups excluding carboxylic acids is 2. The number of carboxylic acids is 1. The Hall–Kier alpha value is -3.00. The van der Waals surface area contributed by atoms with Crippen LogP contribution in [0.2, 0.25) is 0 Å². The van der Waals surface area contributed by atoms with Crippen molar-refractivity contribution in [1.29, 1.82) is 0 Å². The average molecular weight is 469 g/mol. The maximum Gasteiger partial charge on any atom is 0.407 e. The van der Waals surface area contributed by atoms with Gasteiger partial charge in [0, 0.05) is 12.5 Å². The zero-order valence-corrected chi connectivity index (χ0v) is 19.3. The van der Waals surface area contributed by atoms with Crippen LogP contribution in [0.1, 0.15) is 29.9 Å². The summed E-state index contributed by atoms with van der Waals surface area (Å²) in [5.41, 5.74) is 4.55. The van der Waals surface area contributed by atoms with Crippen molar-refractivity contribution in [1.82, 2.24) is 10.6 Å². The number of hydrogen-bond acceptors (Lipinski definition) is 5. The Labute approximate surface area is 197 Å². The van der Waals surface area contributed by atoms with Gasteiger partial charge in [-0.15, -0.1) is 0 Å². The number of fused-ring (bicyclic) bond motifs is 3. The van der Waals surface area contributed by atoms with E-state index < -0.39 is 18.1 Å². The van der Waals surface area contributed by atoms with Gasteiger partial charge >= 0.3 is 12.1 Å². The zero-order chi connectivity index (χ0) is 23.4. The zero-order valence-electron chi connectivity index (χ0n) is 18.5. The summed E-state index contributed by atoms with van der Waals surface area (Å²) in [5.74, 6) is -0.918. The molecular formula is C25H28N2O5S. The lowest BCUT2D eigenvalue weighted by Gasteiger charge is -2.19. The van der Waals surface area contributed by atoms with Crippen molar-refractivity contribution in [3.8, 4) is 11.1 Å². The van der Waals surface area contributed by atoms with Gasteiger partial charge in [0.2, 0.25) is 5.91 Å². The lowest BCUT2D eigenvalue weighted by molar-refractivity contribution is -0.139. The monoisotopic (exact) mass is 468 g/mol. The number of alkyl carbamates (subject to hydrolysis) is 1. The first kappa shape index (κ1) is 23.2. The molecule has 2 aliphatic rings. The molecule has 2 aromatic rings. The molecular weight excluding hydrogens is 440 g/mol. The number of amides is 2. The van der Waals surface area contributed by atoms with Gasteiger partial charge in [0.15, 0.2) is 0 Å². The summed E-state index contributed by atoms with van der Waals surface area (Å²) >= 11 is 1.58. The number of benzene rings is 2. The van der Waals surface area contributed by atoms with Crippen molar-refractivity contribution in [2.45, 2.75) is 24.8 Å². The van der Waals surface area contributed by atoms with E-state index in [2.05, 4.69) is 34.9 Å². The maximum absolute atomic E-state index is 12.6. The number of aliphatic carboxylic acids is 1. The first-order valence-corrected chi connectivity index (χ1v) is 12.5. The van der Waals surface area contributed by atoms with E-state index in [1.165, 1.54) is 0 Å². The second kappa shape index (κ2) is 10.3. The molecule has 2 amide bonds. The third-order valence-electron chi connectivity index (χ3n) is 6.34. The van der Waals surface area contributed by atoms with Crippen LogP contribution in [-0.2, 0) is 14.3 Å². The van der Waals surface area contributed by atoms with Crippen LogP contribution >= 0.6 is 11.8 Å². The number of nitrogens with one attached hydrogen (secondary N) is 2. The van der Waals surface area contributed by atoms with E-state index in [9.17, 15) is 14.4 Å². The van der Waals surface area contributed by atoms with Gasteiger partial charge < -0.3 is 20.5 Å². The molecule has 33 heavy (non-hydrogen) atoms. The molecule has 1 fully saturated rings. The molecule has 3 N–H and O–H groups in total. The molecule has 0 saturated heterocycles. The van der Waals surface area contributed by atoms with Crippen LogP contribution in [0.25, 0.3) is 11.1 Å². The van der Waals surface area contributed by atoms with Crippen LogP contribution in [0.15, 0.2) is 48.5 Å². The van der Waals surface area contributed by atoms with E-state index in [1.54, 1.807) is 11.8 Å². The second-order valence-corrected chi connectivity index (χ2v) is 9.48. The van der Waals surface area contributed by atoms with Crippen molar-refractivity contribution < 1.29 is 24.2 Å². The SMILES string of the molecule is CSCC[C@@H](NC(=O)OCC1c2ccccc2-c2ccccc21)C(=O)NC[C@@H]1C[C@@H]1C(=O)O. The molecule has 174 valence electrons. The maximum atomic E-state index is 12.6. The van der Waals surface area contributed by atoms with Gasteiger partial charge in [-0.3, -0.25) is 9.59 Å². The minimum atomic E-state index is -0.829. The number of carbonyl (C=O) groups is 3. The fourth-order valence-corrected chi connectivity index (χ4v) is 4.89. The summed E-state index contributed by atoms with van der Waals surface area (Å²) in [5, 5.41) is 14.5. The fourth-order valence-electron chi connectivity index (χ4n) is 4.42. The second-order valence-electron chi connectivity index (χ2n) is 8.49. The largest absolute Gasteiger partial charge is 0.481 e. The Morgan fingerprint density at radius 3 is 2.30 bits per heavy atom. The molecule has 0 heterocycles. The molecule has 0 aromatic heterocycles. The highest BCUT2D eigenvalue weighted by atomic mass is 32.2. The number of thioether (sulfide) groups is 1. The van der Waals surface area contributed by atoms with Gasteiger partial charge in [0.1, 0.15) is 12.6 Å². The normalized spacial score (nSPS) is 19.2. The molecule has 8 heteroatoms. The summed E-state index contributed by atoms with van der Waals surface area (Å²) in [4.78, 5) is 36.2. The van der Waals surface area contributed by atoms with Crippen LogP contribution in [0.5, 0.6) is 0 Å². The standard InChI is InChI=1S/C25H28N2O5S/c1-33-11-10-22(23(28)26-13-15-12-20(15)24(29)30)27-25(31)32-14-21-18-8-4-2-6-16(18)17-7-3-5-9-19(17)21/h2-9,15,20-22H,10-14H2,1H3,(H,26,28)(H,27,31)(H,29,30)/t15-,20-,22+/m0/s1. The van der Waals surface area contributed by atoms with Gasteiger partial charge in [-0.1, -0.05) is 48.5 Å². The van der Waals surface area contributed by atoms with E-state index in [0.717, 1.165) is 22.3 Å². The number of carboxylic acid groups (broad SMARTS) is 1. The molecule has 3 atom stereocenters. The first-order valence-electron chi connectivity index (χ1n) is 11.1. The van der Waals surface area contributed by atoms with E-state index >= 15 is 0 Å². The van der Waals surface area contributed by atoms with Gasteiger partial charge in [0.05, 0.1) is 5.92 Å². The molecule has 7 nitrogen and oxygen atoms in total. The number of hydrogen-bond donors (Lipinski definition) is 3. The summed E-state index contributed by atoms with van der Waals surface area (Å²) in [6, 6.07) is 15.5. The van der Waals surface area contributed by atoms with Crippen LogP contribution in [0.3, 0.4) is 0 Å². The Morgan fingerprint density at radius 2 is 1.73 bits per heavy atom. The Bertz CT molecular complexity index is 997. The summed E-state index contributed by atoms with van der Waals surface area (Å²) < 4.78 is 5.57. The molecule has 4 rings (SSSR count). The topological polar surface area (TPSA) is 105 Å². The van der Waals surface area contributed by atoms with Crippen molar-refractivity contribution in [2.24, 2.45) is 11.8 Å². The van der Waals surface area contributed by atoms with Crippen LogP contribution in [0, 0.1) is 11.8 Å². The minimum absolute atomic E-state index is 0.0397. The molecule has 1 saturated carbocycles. The molecule has 0 unspecified atom stereocenters. The number of rotatable bonds is 10. The summed E-state index contributed by atoms with van der Waals surface area (Å²) in [6.45, 7) is 0.483. The third kappa shape index (κ3) is 5.33. The third-order valence-corrected chi connectivity index (χ3v) is 6.99. The smallest absolute Gasteiger partial charge is 0.407 e. The summed E-state index contributed by atoms with van der Waals surface area (Å²) in [6.07, 6.45) is 2.34. The van der Waals surface area contributed by atoms with E-state index in [4.69, 9.17) is 9.84 Å². The predicted molar refractivity (Wildman–Crippen MR) is 127 cm³/mol. The van der Waals surface area contributed by atoms with Gasteiger partial charge in [0.25, 0.3) is 0 Å². The predicted octanol–water partition coefficient (Wildman–Crippen LogP) is 3.48. The van der Waals surface area contributed by atoms with Crippen LogP contribution in [0.4, 0.5) is 4.79 Å². The van der Waals surface area contributed by atoms with Crippen molar-refractivity contribution in [3.05, 3.63) is 59.7 Å². The molecule has 2 aromatic carbocycles. The van der Waals surface area contributed by atoms with Gasteiger partial charge in [-0.2, -0.15) is 11.8 Å². The van der Waals surface area contributed by atoms with Gasteiger partial charge in [-0.25, -0.2) is 4.79 Å². The highest BCUT2D eigenvalue weighted by Crippen LogP contribution is 2.44. The fraction of sp³-hybridized carbons (Fsp3) is 0.400. The molecule has 0 bridgehead atoms. The lowest BCUT2D eigenvalue weighted by atomic mass is 9.98. The Balaban J connectivity index is 1.34. The highest BCUT2D eigenvalue weighted by molar-refractivity contribution is 7.98.